The molecule has 1 atom stereocenters. The Labute approximate surface area is 139 Å². The van der Waals surface area contributed by atoms with Crippen molar-refractivity contribution in [2.75, 3.05) is 0 Å². The molecule has 7 heteroatoms. The summed E-state index contributed by atoms with van der Waals surface area (Å²) in [6, 6.07) is 1.73. The Bertz CT molecular complexity index is 720. The third kappa shape index (κ3) is 3.98. The number of thiazole rings is 1. The molecule has 2 aromatic heterocycles. The van der Waals surface area contributed by atoms with Crippen molar-refractivity contribution in [3.63, 3.8) is 0 Å². The number of hydrogen-bond donors (Lipinski definition) is 3. The Morgan fingerprint density at radius 2 is 2.17 bits per heavy atom. The topological polar surface area (TPSA) is 95.1 Å². The van der Waals surface area contributed by atoms with Crippen LogP contribution in [0.5, 0.6) is 0 Å². The van der Waals surface area contributed by atoms with Gasteiger partial charge in [0, 0.05) is 17.1 Å². The van der Waals surface area contributed by atoms with E-state index in [0.717, 1.165) is 16.3 Å². The van der Waals surface area contributed by atoms with E-state index in [0.29, 0.717) is 5.69 Å². The van der Waals surface area contributed by atoms with Gasteiger partial charge in [0.25, 0.3) is 5.91 Å². The van der Waals surface area contributed by atoms with E-state index < -0.39 is 11.5 Å². The van der Waals surface area contributed by atoms with Crippen LogP contribution in [0, 0.1) is 12.8 Å². The van der Waals surface area contributed by atoms with Crippen LogP contribution < -0.4 is 5.32 Å². The Balaban J connectivity index is 2.17. The molecular formula is C16H21N3O3S. The fourth-order valence-corrected chi connectivity index (χ4v) is 2.82. The smallest absolute Gasteiger partial charge is 0.305 e. The van der Waals surface area contributed by atoms with Gasteiger partial charge in [-0.2, -0.15) is 0 Å². The highest BCUT2D eigenvalue weighted by Crippen LogP contribution is 2.24. The quantitative estimate of drug-likeness (QED) is 0.756. The largest absolute Gasteiger partial charge is 0.481 e. The van der Waals surface area contributed by atoms with Crippen molar-refractivity contribution in [1.82, 2.24) is 15.3 Å². The number of amides is 1. The van der Waals surface area contributed by atoms with Gasteiger partial charge in [0.1, 0.15) is 5.69 Å². The molecule has 0 spiro atoms. The first kappa shape index (κ1) is 17.2. The van der Waals surface area contributed by atoms with E-state index in [1.54, 1.807) is 30.5 Å². The van der Waals surface area contributed by atoms with Gasteiger partial charge in [-0.1, -0.05) is 13.8 Å². The minimum atomic E-state index is -0.938. The molecule has 0 radical (unpaired) electrons. The van der Waals surface area contributed by atoms with Gasteiger partial charge >= 0.3 is 5.97 Å². The lowest BCUT2D eigenvalue weighted by molar-refractivity contribution is -0.138. The van der Waals surface area contributed by atoms with Gasteiger partial charge in [0.15, 0.2) is 0 Å². The lowest BCUT2D eigenvalue weighted by Crippen LogP contribution is -2.51. The maximum Gasteiger partial charge on any atom is 0.305 e. The number of aliphatic carboxylic acids is 1. The van der Waals surface area contributed by atoms with Crippen molar-refractivity contribution in [1.29, 1.82) is 0 Å². The Kier molecular flexibility index (Phi) is 4.89. The van der Waals surface area contributed by atoms with Crippen LogP contribution in [-0.2, 0) is 4.79 Å². The number of H-pyrrole nitrogens is 1. The van der Waals surface area contributed by atoms with E-state index in [1.807, 2.05) is 26.2 Å². The molecule has 0 aromatic carbocycles. The van der Waals surface area contributed by atoms with Crippen molar-refractivity contribution < 1.29 is 14.7 Å². The second kappa shape index (κ2) is 6.54. The number of carboxylic acids is 1. The summed E-state index contributed by atoms with van der Waals surface area (Å²) in [5.41, 5.74) is 1.23. The van der Waals surface area contributed by atoms with Gasteiger partial charge in [-0.25, -0.2) is 4.98 Å². The molecule has 2 heterocycles. The first-order valence-electron chi connectivity index (χ1n) is 7.36. The van der Waals surface area contributed by atoms with E-state index in [4.69, 9.17) is 5.11 Å². The van der Waals surface area contributed by atoms with Gasteiger partial charge in [-0.05, 0) is 25.8 Å². The standard InChI is InChI=1S/C16H21N3O3S/c1-9(2)16(4,6-14(20)21)19-15(22)12-5-11(7-17-12)13-8-23-10(3)18-13/h5,7-9,17H,6H2,1-4H3,(H,19,22)(H,20,21). The van der Waals surface area contributed by atoms with Crippen LogP contribution in [0.25, 0.3) is 11.3 Å². The second-order valence-corrected chi connectivity index (χ2v) is 7.21. The molecule has 0 aliphatic carbocycles. The minimum absolute atomic E-state index is 0.0156. The molecule has 0 bridgehead atoms. The molecule has 3 N–H and O–H groups in total. The number of carbonyl (C=O) groups excluding carboxylic acids is 1. The zero-order valence-corrected chi connectivity index (χ0v) is 14.5. The van der Waals surface area contributed by atoms with Crippen LogP contribution in [0.3, 0.4) is 0 Å². The third-order valence-corrected chi connectivity index (χ3v) is 4.81. The number of hydrogen-bond acceptors (Lipinski definition) is 4. The molecule has 124 valence electrons. The maximum atomic E-state index is 12.4. The molecule has 0 saturated heterocycles. The molecular weight excluding hydrogens is 314 g/mol. The number of aromatic amines is 1. The van der Waals surface area contributed by atoms with Crippen LogP contribution in [0.4, 0.5) is 0 Å². The molecule has 6 nitrogen and oxygen atoms in total. The predicted octanol–water partition coefficient (Wildman–Crippen LogP) is 3.07. The molecule has 0 saturated carbocycles. The number of rotatable bonds is 6. The average molecular weight is 335 g/mol. The summed E-state index contributed by atoms with van der Waals surface area (Å²) in [7, 11) is 0. The monoisotopic (exact) mass is 335 g/mol. The highest BCUT2D eigenvalue weighted by atomic mass is 32.1. The van der Waals surface area contributed by atoms with Gasteiger partial charge in [0.05, 0.1) is 22.7 Å². The van der Waals surface area contributed by atoms with Gasteiger partial charge in [-0.3, -0.25) is 9.59 Å². The second-order valence-electron chi connectivity index (χ2n) is 6.15. The van der Waals surface area contributed by atoms with E-state index in [9.17, 15) is 9.59 Å². The van der Waals surface area contributed by atoms with Crippen LogP contribution in [0.2, 0.25) is 0 Å². The molecule has 0 fully saturated rings. The summed E-state index contributed by atoms with van der Waals surface area (Å²) in [4.78, 5) is 30.8. The summed E-state index contributed by atoms with van der Waals surface area (Å²) in [6.07, 6.45) is 1.60. The number of carbonyl (C=O) groups is 2. The number of aromatic nitrogens is 2. The van der Waals surface area contributed by atoms with Gasteiger partial charge in [-0.15, -0.1) is 11.3 Å². The SMILES string of the molecule is Cc1nc(-c2c[nH]c(C(=O)NC(C)(CC(=O)O)C(C)C)c2)cs1. The predicted molar refractivity (Wildman–Crippen MR) is 89.6 cm³/mol. The minimum Gasteiger partial charge on any atom is -0.481 e. The summed E-state index contributed by atoms with van der Waals surface area (Å²) in [6.45, 7) is 7.45. The third-order valence-electron chi connectivity index (χ3n) is 4.03. The molecule has 0 aliphatic heterocycles. The lowest BCUT2D eigenvalue weighted by atomic mass is 9.85. The number of aryl methyl sites for hydroxylation is 1. The molecule has 23 heavy (non-hydrogen) atoms. The summed E-state index contributed by atoms with van der Waals surface area (Å²) in [5, 5.41) is 14.8. The fraction of sp³-hybridized carbons (Fsp3) is 0.438. The Morgan fingerprint density at radius 3 is 2.70 bits per heavy atom. The number of nitrogens with zero attached hydrogens (tertiary/aromatic N) is 1. The van der Waals surface area contributed by atoms with Crippen LogP contribution >= 0.6 is 11.3 Å². The van der Waals surface area contributed by atoms with Crippen molar-refractivity contribution >= 4 is 23.2 Å². The van der Waals surface area contributed by atoms with Crippen molar-refractivity contribution in [2.24, 2.45) is 5.92 Å². The van der Waals surface area contributed by atoms with E-state index in [1.165, 1.54) is 0 Å². The summed E-state index contributed by atoms with van der Waals surface area (Å²) in [5.74, 6) is -1.27. The fourth-order valence-electron chi connectivity index (χ4n) is 2.20. The van der Waals surface area contributed by atoms with E-state index in [-0.39, 0.29) is 18.2 Å². The zero-order valence-electron chi connectivity index (χ0n) is 13.6. The first-order valence-corrected chi connectivity index (χ1v) is 8.24. The van der Waals surface area contributed by atoms with Gasteiger partial charge in [0.2, 0.25) is 0 Å². The zero-order chi connectivity index (χ0) is 17.2. The normalized spacial score (nSPS) is 13.8. The van der Waals surface area contributed by atoms with Gasteiger partial charge < -0.3 is 15.4 Å². The highest BCUT2D eigenvalue weighted by Gasteiger charge is 2.33. The molecule has 0 aliphatic rings. The number of carboxylic acid groups (broad SMARTS) is 1. The van der Waals surface area contributed by atoms with Crippen molar-refractivity contribution in [3.8, 4) is 11.3 Å². The molecule has 2 rings (SSSR count). The molecule has 2 aromatic rings. The molecule has 1 amide bonds. The van der Waals surface area contributed by atoms with E-state index in [2.05, 4.69) is 15.3 Å². The lowest BCUT2D eigenvalue weighted by Gasteiger charge is -2.33. The highest BCUT2D eigenvalue weighted by molar-refractivity contribution is 7.09. The Hall–Kier alpha value is -2.15. The van der Waals surface area contributed by atoms with E-state index >= 15 is 0 Å². The molecule has 1 unspecified atom stereocenters. The summed E-state index contributed by atoms with van der Waals surface area (Å²) < 4.78 is 0. The van der Waals surface area contributed by atoms with Crippen LogP contribution in [-0.4, -0.2) is 32.5 Å². The van der Waals surface area contributed by atoms with Crippen molar-refractivity contribution in [2.45, 2.75) is 39.7 Å². The summed E-state index contributed by atoms with van der Waals surface area (Å²) >= 11 is 1.55. The van der Waals surface area contributed by atoms with Crippen LogP contribution in [0.1, 0.15) is 42.7 Å². The Morgan fingerprint density at radius 1 is 1.48 bits per heavy atom. The van der Waals surface area contributed by atoms with Crippen LogP contribution in [0.15, 0.2) is 17.6 Å². The average Bonchev–Trinajstić information content (AvgIpc) is 3.05. The van der Waals surface area contributed by atoms with Crippen molar-refractivity contribution in [3.05, 3.63) is 28.3 Å². The first-order chi connectivity index (χ1) is 10.7. The maximum absolute atomic E-state index is 12.4. The number of nitrogens with one attached hydrogen (secondary N) is 2.